The van der Waals surface area contributed by atoms with Gasteiger partial charge in [0, 0.05) is 17.0 Å². The van der Waals surface area contributed by atoms with Gasteiger partial charge in [0.05, 0.1) is 9.77 Å². The Morgan fingerprint density at radius 1 is 1.27 bits per heavy atom. The largest absolute Gasteiger partial charge is 0.326 e. The smallest absolute Gasteiger partial charge is 0.276 e. The van der Waals surface area contributed by atoms with Gasteiger partial charge in [-0.3, -0.25) is 15.0 Å². The molecule has 1 aliphatic heterocycles. The molecule has 0 saturated carbocycles. The number of hydrogen-bond acceptors (Lipinski definition) is 5. The minimum atomic E-state index is -3.91. The first-order valence-corrected chi connectivity index (χ1v) is 10.4. The highest BCUT2D eigenvalue weighted by Gasteiger charge is 2.21. The minimum absolute atomic E-state index is 0.0318. The maximum absolute atomic E-state index is 12.4. The lowest BCUT2D eigenvalue weighted by Crippen LogP contribution is -2.41. The Hall–Kier alpha value is -2.23. The Morgan fingerprint density at radius 2 is 2.04 bits per heavy atom. The number of sulfonamides is 1. The van der Waals surface area contributed by atoms with E-state index in [9.17, 15) is 18.0 Å². The Balaban J connectivity index is 1.72. The molecule has 0 saturated heterocycles. The SMILES string of the molecule is CCc1sc(C(=O)NNS(=O)(=O)c2ccc3c(c2)CCC(=O)N3)cc1C. The number of carbonyl (C=O) groups is 2. The van der Waals surface area contributed by atoms with Crippen molar-refractivity contribution in [2.75, 3.05) is 5.32 Å². The molecule has 9 heteroatoms. The van der Waals surface area contributed by atoms with Crippen LogP contribution in [-0.2, 0) is 27.7 Å². The van der Waals surface area contributed by atoms with Crippen LogP contribution in [0, 0.1) is 6.92 Å². The van der Waals surface area contributed by atoms with E-state index in [1.165, 1.54) is 23.5 Å². The highest BCUT2D eigenvalue weighted by atomic mass is 32.2. The first kappa shape index (κ1) is 18.6. The number of aryl methyl sites for hydroxylation is 3. The van der Waals surface area contributed by atoms with E-state index in [0.29, 0.717) is 23.4 Å². The van der Waals surface area contributed by atoms with Gasteiger partial charge in [0.15, 0.2) is 0 Å². The van der Waals surface area contributed by atoms with E-state index in [2.05, 4.69) is 15.6 Å². The number of benzene rings is 1. The maximum Gasteiger partial charge on any atom is 0.276 e. The number of thiophene rings is 1. The Morgan fingerprint density at radius 3 is 2.73 bits per heavy atom. The number of rotatable bonds is 5. The van der Waals surface area contributed by atoms with Crippen molar-refractivity contribution in [1.82, 2.24) is 10.3 Å². The molecule has 3 N–H and O–H groups in total. The Bertz CT molecular complexity index is 980. The molecular weight excluding hydrogens is 374 g/mol. The van der Waals surface area contributed by atoms with E-state index in [0.717, 1.165) is 22.4 Å². The van der Waals surface area contributed by atoms with Gasteiger partial charge in [-0.05, 0) is 55.2 Å². The van der Waals surface area contributed by atoms with E-state index >= 15 is 0 Å². The molecule has 1 aromatic heterocycles. The van der Waals surface area contributed by atoms with Gasteiger partial charge in [0.2, 0.25) is 5.91 Å². The molecule has 3 rings (SSSR count). The second kappa shape index (κ2) is 7.18. The number of carbonyl (C=O) groups excluding carboxylic acids is 2. The van der Waals surface area contributed by atoms with Gasteiger partial charge in [-0.1, -0.05) is 6.92 Å². The van der Waals surface area contributed by atoms with Crippen molar-refractivity contribution in [3.63, 3.8) is 0 Å². The third kappa shape index (κ3) is 3.79. The summed E-state index contributed by atoms with van der Waals surface area (Å²) in [7, 11) is -3.91. The topological polar surface area (TPSA) is 104 Å². The van der Waals surface area contributed by atoms with Crippen LogP contribution in [0.25, 0.3) is 0 Å². The summed E-state index contributed by atoms with van der Waals surface area (Å²) in [6.07, 6.45) is 1.62. The molecule has 0 unspecified atom stereocenters. The first-order chi connectivity index (χ1) is 12.3. The fourth-order valence-corrected chi connectivity index (χ4v) is 4.64. The molecule has 7 nitrogen and oxygen atoms in total. The van der Waals surface area contributed by atoms with Crippen LogP contribution in [0.4, 0.5) is 5.69 Å². The molecule has 0 radical (unpaired) electrons. The zero-order valence-electron chi connectivity index (χ0n) is 14.4. The first-order valence-electron chi connectivity index (χ1n) is 8.14. The molecule has 0 bridgehead atoms. The van der Waals surface area contributed by atoms with Crippen molar-refractivity contribution in [2.24, 2.45) is 0 Å². The predicted octanol–water partition coefficient (Wildman–Crippen LogP) is 2.13. The van der Waals surface area contributed by atoms with Gasteiger partial charge in [-0.15, -0.1) is 16.2 Å². The summed E-state index contributed by atoms with van der Waals surface area (Å²) in [6, 6.07) is 6.20. The van der Waals surface area contributed by atoms with Crippen LogP contribution in [0.5, 0.6) is 0 Å². The zero-order chi connectivity index (χ0) is 18.9. The monoisotopic (exact) mass is 393 g/mol. The summed E-state index contributed by atoms with van der Waals surface area (Å²) < 4.78 is 24.9. The van der Waals surface area contributed by atoms with Crippen LogP contribution in [0.2, 0.25) is 0 Å². The second-order valence-electron chi connectivity index (χ2n) is 6.00. The molecule has 2 aromatic rings. The summed E-state index contributed by atoms with van der Waals surface area (Å²) in [5, 5.41) is 2.70. The van der Waals surface area contributed by atoms with Crippen LogP contribution in [0.15, 0.2) is 29.2 Å². The van der Waals surface area contributed by atoms with Gasteiger partial charge in [-0.25, -0.2) is 8.42 Å². The quantitative estimate of drug-likeness (QED) is 0.677. The highest BCUT2D eigenvalue weighted by Crippen LogP contribution is 2.25. The molecule has 1 aliphatic rings. The lowest BCUT2D eigenvalue weighted by atomic mass is 10.0. The number of hydrogen-bond donors (Lipinski definition) is 3. The second-order valence-corrected chi connectivity index (χ2v) is 8.82. The summed E-state index contributed by atoms with van der Waals surface area (Å²) in [4.78, 5) is 27.3. The minimum Gasteiger partial charge on any atom is -0.326 e. The van der Waals surface area contributed by atoms with E-state index in [1.807, 2.05) is 13.8 Å². The van der Waals surface area contributed by atoms with Crippen LogP contribution < -0.4 is 15.6 Å². The van der Waals surface area contributed by atoms with Gasteiger partial charge in [0.1, 0.15) is 0 Å². The zero-order valence-corrected chi connectivity index (χ0v) is 16.0. The van der Waals surface area contributed by atoms with E-state index in [4.69, 9.17) is 0 Å². The maximum atomic E-state index is 12.4. The molecule has 1 aromatic carbocycles. The third-order valence-corrected chi connectivity index (χ3v) is 6.77. The number of anilines is 1. The summed E-state index contributed by atoms with van der Waals surface area (Å²) in [5.41, 5.74) is 4.64. The highest BCUT2D eigenvalue weighted by molar-refractivity contribution is 7.89. The molecule has 0 aliphatic carbocycles. The summed E-state index contributed by atoms with van der Waals surface area (Å²) in [5.74, 6) is -0.581. The molecule has 0 atom stereocenters. The van der Waals surface area contributed by atoms with Crippen molar-refractivity contribution in [2.45, 2.75) is 38.0 Å². The summed E-state index contributed by atoms with van der Waals surface area (Å²) in [6.45, 7) is 3.92. The Labute approximate surface area is 155 Å². The lowest BCUT2D eigenvalue weighted by molar-refractivity contribution is -0.116. The van der Waals surface area contributed by atoms with Crippen molar-refractivity contribution in [3.8, 4) is 0 Å². The van der Waals surface area contributed by atoms with E-state index < -0.39 is 15.9 Å². The van der Waals surface area contributed by atoms with E-state index in [1.54, 1.807) is 12.1 Å². The van der Waals surface area contributed by atoms with Gasteiger partial charge in [-0.2, -0.15) is 0 Å². The van der Waals surface area contributed by atoms with E-state index in [-0.39, 0.29) is 10.8 Å². The number of fused-ring (bicyclic) bond motifs is 1. The van der Waals surface area contributed by atoms with Crippen molar-refractivity contribution < 1.29 is 18.0 Å². The average molecular weight is 393 g/mol. The average Bonchev–Trinajstić information content (AvgIpc) is 3.00. The van der Waals surface area contributed by atoms with Crippen molar-refractivity contribution in [1.29, 1.82) is 0 Å². The number of amides is 2. The van der Waals surface area contributed by atoms with Crippen LogP contribution in [0.3, 0.4) is 0 Å². The third-order valence-electron chi connectivity index (χ3n) is 4.15. The standard InChI is InChI=1S/C17H19N3O4S2/c1-3-14-10(2)8-15(25-14)17(22)19-20-26(23,24)12-5-6-13-11(9-12)4-7-16(21)18-13/h5-6,8-9,20H,3-4,7H2,1-2H3,(H,18,21)(H,19,22). The lowest BCUT2D eigenvalue weighted by Gasteiger charge is -2.17. The molecule has 2 amide bonds. The van der Waals surface area contributed by atoms with Gasteiger partial charge < -0.3 is 5.32 Å². The normalized spacial score (nSPS) is 13.8. The summed E-state index contributed by atoms with van der Waals surface area (Å²) >= 11 is 1.35. The van der Waals surface area contributed by atoms with Gasteiger partial charge >= 0.3 is 0 Å². The predicted molar refractivity (Wildman–Crippen MR) is 99.6 cm³/mol. The Kier molecular flexibility index (Phi) is 5.12. The van der Waals surface area contributed by atoms with Crippen LogP contribution in [0.1, 0.15) is 39.0 Å². The number of nitrogens with one attached hydrogen (secondary N) is 3. The molecular formula is C17H19N3O4S2. The van der Waals surface area contributed by atoms with Crippen LogP contribution >= 0.6 is 11.3 Å². The molecule has 0 spiro atoms. The van der Waals surface area contributed by atoms with Crippen LogP contribution in [-0.4, -0.2) is 20.2 Å². The molecule has 26 heavy (non-hydrogen) atoms. The molecule has 138 valence electrons. The van der Waals surface area contributed by atoms with Crippen molar-refractivity contribution >= 4 is 38.9 Å². The molecule has 2 heterocycles. The molecule has 0 fully saturated rings. The fourth-order valence-electron chi connectivity index (χ4n) is 2.74. The number of hydrazine groups is 1. The fraction of sp³-hybridized carbons (Fsp3) is 0.294. The van der Waals surface area contributed by atoms with Gasteiger partial charge in [0.25, 0.3) is 15.9 Å². The van der Waals surface area contributed by atoms with Crippen molar-refractivity contribution in [3.05, 3.63) is 45.1 Å².